The van der Waals surface area contributed by atoms with Crippen LogP contribution in [0.5, 0.6) is 0 Å². The van der Waals surface area contributed by atoms with Crippen LogP contribution in [0.15, 0.2) is 6.07 Å². The molecule has 0 spiro atoms. The zero-order valence-corrected chi connectivity index (χ0v) is 13.9. The molecule has 1 aromatic heterocycles. The van der Waals surface area contributed by atoms with Gasteiger partial charge in [-0.1, -0.05) is 37.0 Å². The summed E-state index contributed by atoms with van der Waals surface area (Å²) in [6.45, 7) is 5.99. The van der Waals surface area contributed by atoms with E-state index < -0.39 is 0 Å². The highest BCUT2D eigenvalue weighted by Gasteiger charge is 2.10. The first-order valence-electron chi connectivity index (χ1n) is 6.41. The molecule has 0 bridgehead atoms. The van der Waals surface area contributed by atoms with E-state index in [-0.39, 0.29) is 0 Å². The van der Waals surface area contributed by atoms with E-state index in [2.05, 4.69) is 35.7 Å². The van der Waals surface area contributed by atoms with E-state index in [1.54, 1.807) is 6.07 Å². The van der Waals surface area contributed by atoms with Gasteiger partial charge in [-0.3, -0.25) is 0 Å². The van der Waals surface area contributed by atoms with Crippen molar-refractivity contribution in [1.29, 1.82) is 0 Å². The summed E-state index contributed by atoms with van der Waals surface area (Å²) >= 11 is 14.1. The van der Waals surface area contributed by atoms with Crippen molar-refractivity contribution in [2.24, 2.45) is 5.92 Å². The van der Waals surface area contributed by atoms with Crippen LogP contribution in [-0.4, -0.2) is 30.1 Å². The maximum absolute atomic E-state index is 6.15. The van der Waals surface area contributed by atoms with Gasteiger partial charge in [-0.15, -0.1) is 0 Å². The lowest BCUT2D eigenvalue weighted by Gasteiger charge is -2.15. The monoisotopic (exact) mass is 321 g/mol. The molecule has 0 aliphatic carbocycles. The molecule has 3 nitrogen and oxygen atoms in total. The molecule has 2 N–H and O–H groups in total. The minimum Gasteiger partial charge on any atom is -0.369 e. The van der Waals surface area contributed by atoms with Crippen molar-refractivity contribution in [1.82, 2.24) is 4.98 Å². The Balaban J connectivity index is 2.71. The summed E-state index contributed by atoms with van der Waals surface area (Å²) in [5.74, 6) is 3.06. The second-order valence-electron chi connectivity index (χ2n) is 4.52. The Labute approximate surface area is 129 Å². The van der Waals surface area contributed by atoms with E-state index in [1.807, 2.05) is 11.8 Å². The number of hydrogen-bond donors (Lipinski definition) is 2. The van der Waals surface area contributed by atoms with E-state index in [0.717, 1.165) is 25.3 Å². The molecule has 0 fully saturated rings. The van der Waals surface area contributed by atoms with E-state index in [9.17, 15) is 0 Å². The molecule has 108 valence electrons. The molecule has 0 aromatic carbocycles. The molecule has 0 radical (unpaired) electrons. The molecule has 1 unspecified atom stereocenters. The minimum atomic E-state index is 0.557. The van der Waals surface area contributed by atoms with Gasteiger partial charge in [0.1, 0.15) is 11.6 Å². The van der Waals surface area contributed by atoms with Crippen molar-refractivity contribution in [2.75, 3.05) is 35.7 Å². The van der Waals surface area contributed by atoms with Crippen molar-refractivity contribution >= 4 is 46.6 Å². The highest BCUT2D eigenvalue weighted by molar-refractivity contribution is 7.98. The summed E-state index contributed by atoms with van der Waals surface area (Å²) in [5, 5.41) is 7.60. The number of aromatic nitrogens is 1. The topological polar surface area (TPSA) is 37.0 Å². The van der Waals surface area contributed by atoms with Crippen LogP contribution in [0.2, 0.25) is 10.0 Å². The van der Waals surface area contributed by atoms with E-state index >= 15 is 0 Å². The third-order valence-corrected chi connectivity index (χ3v) is 4.02. The third kappa shape index (κ3) is 5.67. The number of hydrogen-bond acceptors (Lipinski definition) is 4. The number of nitrogens with zero attached hydrogens (tertiary/aromatic N) is 1. The summed E-state index contributed by atoms with van der Waals surface area (Å²) in [7, 11) is 0. The van der Waals surface area contributed by atoms with Gasteiger partial charge in [0.25, 0.3) is 0 Å². The van der Waals surface area contributed by atoms with Crippen molar-refractivity contribution < 1.29 is 0 Å². The molecule has 6 heteroatoms. The lowest BCUT2D eigenvalue weighted by molar-refractivity contribution is 0.699. The second-order valence-corrected chi connectivity index (χ2v) is 6.24. The Morgan fingerprint density at radius 1 is 1.26 bits per heavy atom. The first kappa shape index (κ1) is 16.7. The van der Waals surface area contributed by atoms with Crippen LogP contribution in [-0.2, 0) is 0 Å². The van der Waals surface area contributed by atoms with Crippen molar-refractivity contribution in [3.05, 3.63) is 16.1 Å². The highest BCUT2D eigenvalue weighted by atomic mass is 35.5. The third-order valence-electron chi connectivity index (χ3n) is 2.54. The zero-order chi connectivity index (χ0) is 14.3. The first-order valence-corrected chi connectivity index (χ1v) is 8.56. The normalized spacial score (nSPS) is 12.3. The average molecular weight is 322 g/mol. The predicted molar refractivity (Wildman–Crippen MR) is 89.1 cm³/mol. The molecule has 1 aromatic rings. The Kier molecular flexibility index (Phi) is 7.73. The molecule has 1 atom stereocenters. The molecule has 0 saturated heterocycles. The van der Waals surface area contributed by atoms with Crippen LogP contribution in [0, 0.1) is 5.92 Å². The lowest BCUT2D eigenvalue weighted by Crippen LogP contribution is -2.15. The van der Waals surface area contributed by atoms with Gasteiger partial charge in [0.15, 0.2) is 0 Å². The SMILES string of the molecule is CCCNc1nc(NCC(C)CSC)c(Cl)cc1Cl. The number of halogens is 2. The Bertz CT molecular complexity index is 402. The van der Waals surface area contributed by atoms with E-state index in [1.165, 1.54) is 0 Å². The maximum Gasteiger partial charge on any atom is 0.147 e. The summed E-state index contributed by atoms with van der Waals surface area (Å²) in [6.07, 6.45) is 3.13. The van der Waals surface area contributed by atoms with Gasteiger partial charge in [-0.05, 0) is 30.4 Å². The van der Waals surface area contributed by atoms with Crippen LogP contribution >= 0.6 is 35.0 Å². The number of thioether (sulfide) groups is 1. The zero-order valence-electron chi connectivity index (χ0n) is 11.6. The Morgan fingerprint density at radius 2 is 1.89 bits per heavy atom. The van der Waals surface area contributed by atoms with Crippen LogP contribution in [0.1, 0.15) is 20.3 Å². The summed E-state index contributed by atoms with van der Waals surface area (Å²) in [6, 6.07) is 1.73. The summed E-state index contributed by atoms with van der Waals surface area (Å²) in [5.41, 5.74) is 0. The van der Waals surface area contributed by atoms with Gasteiger partial charge in [0, 0.05) is 13.1 Å². The fourth-order valence-corrected chi connectivity index (χ4v) is 2.75. The largest absolute Gasteiger partial charge is 0.369 e. The second kappa shape index (κ2) is 8.77. The quantitative estimate of drug-likeness (QED) is 0.732. The van der Waals surface area contributed by atoms with Crippen molar-refractivity contribution in [2.45, 2.75) is 20.3 Å². The molecular weight excluding hydrogens is 301 g/mol. The number of pyridine rings is 1. The van der Waals surface area contributed by atoms with E-state index in [4.69, 9.17) is 23.2 Å². The van der Waals surface area contributed by atoms with Crippen LogP contribution < -0.4 is 10.6 Å². The molecule has 0 aliphatic heterocycles. The van der Waals surface area contributed by atoms with Crippen LogP contribution in [0.25, 0.3) is 0 Å². The fraction of sp³-hybridized carbons (Fsp3) is 0.615. The van der Waals surface area contributed by atoms with Gasteiger partial charge in [-0.2, -0.15) is 11.8 Å². The minimum absolute atomic E-state index is 0.557. The standard InChI is InChI=1S/C13H21Cl2N3S/c1-4-5-16-12-10(14)6-11(15)13(18-12)17-7-9(2)8-19-3/h6,9H,4-5,7-8H2,1-3H3,(H2,16,17,18). The van der Waals surface area contributed by atoms with Crippen molar-refractivity contribution in [3.63, 3.8) is 0 Å². The molecule has 0 amide bonds. The fourth-order valence-electron chi connectivity index (χ4n) is 1.57. The van der Waals surface area contributed by atoms with Gasteiger partial charge < -0.3 is 10.6 Å². The molecule has 19 heavy (non-hydrogen) atoms. The van der Waals surface area contributed by atoms with Gasteiger partial charge in [0.2, 0.25) is 0 Å². The van der Waals surface area contributed by atoms with Crippen LogP contribution in [0.4, 0.5) is 11.6 Å². The predicted octanol–water partition coefficient (Wildman–Crippen LogP) is 4.62. The van der Waals surface area contributed by atoms with Crippen LogP contribution in [0.3, 0.4) is 0 Å². The lowest BCUT2D eigenvalue weighted by atomic mass is 10.2. The Morgan fingerprint density at radius 3 is 2.47 bits per heavy atom. The molecular formula is C13H21Cl2N3S. The average Bonchev–Trinajstić information content (AvgIpc) is 2.37. The van der Waals surface area contributed by atoms with Gasteiger partial charge in [-0.25, -0.2) is 4.98 Å². The maximum atomic E-state index is 6.15. The Hall–Kier alpha value is -0.320. The van der Waals surface area contributed by atoms with E-state index in [0.29, 0.717) is 27.6 Å². The number of nitrogens with one attached hydrogen (secondary N) is 2. The summed E-state index contributed by atoms with van der Waals surface area (Å²) < 4.78 is 0. The number of rotatable bonds is 8. The number of anilines is 2. The molecule has 1 rings (SSSR count). The van der Waals surface area contributed by atoms with Crippen molar-refractivity contribution in [3.8, 4) is 0 Å². The molecule has 1 heterocycles. The molecule has 0 saturated carbocycles. The molecule has 0 aliphatic rings. The van der Waals surface area contributed by atoms with Gasteiger partial charge in [0.05, 0.1) is 10.0 Å². The smallest absolute Gasteiger partial charge is 0.147 e. The first-order chi connectivity index (χ1) is 9.08. The highest BCUT2D eigenvalue weighted by Crippen LogP contribution is 2.29. The van der Waals surface area contributed by atoms with Gasteiger partial charge >= 0.3 is 0 Å². The summed E-state index contributed by atoms with van der Waals surface area (Å²) in [4.78, 5) is 4.45.